The fourth-order valence-corrected chi connectivity index (χ4v) is 3.46. The monoisotopic (exact) mass is 450 g/mol. The van der Waals surface area contributed by atoms with Crippen LogP contribution in [0.25, 0.3) is 11.3 Å². The van der Waals surface area contributed by atoms with Crippen LogP contribution >= 0.6 is 22.9 Å². The Hall–Kier alpha value is -3.17. The van der Waals surface area contributed by atoms with E-state index >= 15 is 0 Å². The second kappa shape index (κ2) is 9.55. The summed E-state index contributed by atoms with van der Waals surface area (Å²) >= 11 is 7.02. The molecule has 0 spiro atoms. The highest BCUT2D eigenvalue weighted by Gasteiger charge is 2.16. The molecule has 1 N–H and O–H groups in total. The number of nitrogens with zero attached hydrogens (tertiary/aromatic N) is 1. The maximum atomic E-state index is 13.1. The van der Waals surface area contributed by atoms with Gasteiger partial charge < -0.3 is 14.2 Å². The number of carbonyl (C=O) groups is 2. The second-order valence-electron chi connectivity index (χ2n) is 5.86. The lowest BCUT2D eigenvalue weighted by atomic mass is 10.1. The van der Waals surface area contributed by atoms with E-state index in [2.05, 4.69) is 10.3 Å². The molecule has 0 fully saturated rings. The molecule has 156 valence electrons. The van der Waals surface area contributed by atoms with Crippen LogP contribution in [0.15, 0.2) is 41.8 Å². The van der Waals surface area contributed by atoms with Gasteiger partial charge in [0.05, 0.1) is 30.5 Å². The number of aromatic nitrogens is 1. The highest BCUT2D eigenvalue weighted by atomic mass is 35.5. The summed E-state index contributed by atoms with van der Waals surface area (Å²) in [5, 5.41) is 4.56. The zero-order valence-electron chi connectivity index (χ0n) is 15.9. The van der Waals surface area contributed by atoms with Crippen molar-refractivity contribution in [3.8, 4) is 22.8 Å². The molecule has 2 aromatic carbocycles. The Morgan fingerprint density at radius 1 is 1.13 bits per heavy atom. The number of thiazole rings is 1. The van der Waals surface area contributed by atoms with Crippen molar-refractivity contribution in [2.24, 2.45) is 0 Å². The third-order valence-electron chi connectivity index (χ3n) is 3.92. The fourth-order valence-electron chi connectivity index (χ4n) is 2.48. The summed E-state index contributed by atoms with van der Waals surface area (Å²) in [5.74, 6) is -0.841. The number of halogens is 2. The molecule has 7 nitrogen and oxygen atoms in total. The molecule has 0 aliphatic carbocycles. The van der Waals surface area contributed by atoms with E-state index in [0.717, 1.165) is 17.7 Å². The summed E-state index contributed by atoms with van der Waals surface area (Å²) in [6.07, 6.45) is 0. The highest BCUT2D eigenvalue weighted by molar-refractivity contribution is 7.14. The van der Waals surface area contributed by atoms with Crippen molar-refractivity contribution in [3.63, 3.8) is 0 Å². The summed E-state index contributed by atoms with van der Waals surface area (Å²) in [5.41, 5.74) is 1.38. The van der Waals surface area contributed by atoms with E-state index < -0.39 is 24.3 Å². The van der Waals surface area contributed by atoms with Crippen LogP contribution in [0.2, 0.25) is 5.02 Å². The Labute approximate surface area is 180 Å². The van der Waals surface area contributed by atoms with Crippen molar-refractivity contribution in [3.05, 3.63) is 58.2 Å². The minimum atomic E-state index is -0.833. The maximum Gasteiger partial charge on any atom is 0.340 e. The molecular formula is C20H16ClFN2O5S. The van der Waals surface area contributed by atoms with Gasteiger partial charge >= 0.3 is 5.97 Å². The van der Waals surface area contributed by atoms with E-state index in [4.69, 9.17) is 25.8 Å². The summed E-state index contributed by atoms with van der Waals surface area (Å²) in [4.78, 5) is 28.4. The summed E-state index contributed by atoms with van der Waals surface area (Å²) in [6.45, 7) is -0.544. The minimum Gasteiger partial charge on any atom is -0.493 e. The summed E-state index contributed by atoms with van der Waals surface area (Å²) < 4.78 is 28.5. The van der Waals surface area contributed by atoms with E-state index in [1.165, 1.54) is 24.5 Å². The van der Waals surface area contributed by atoms with Crippen LogP contribution in [-0.2, 0) is 9.53 Å². The Bertz CT molecular complexity index is 1090. The number of hydrogen-bond acceptors (Lipinski definition) is 7. The SMILES string of the molecule is COc1ccc(-c2csc(NC(=O)COC(=O)c3ccc(F)cc3Cl)n2)cc1OC. The quantitative estimate of drug-likeness (QED) is 0.536. The van der Waals surface area contributed by atoms with Crippen molar-refractivity contribution in [1.82, 2.24) is 4.98 Å². The Balaban J connectivity index is 1.60. The zero-order chi connectivity index (χ0) is 21.7. The number of rotatable bonds is 7. The van der Waals surface area contributed by atoms with Crippen LogP contribution < -0.4 is 14.8 Å². The highest BCUT2D eigenvalue weighted by Crippen LogP contribution is 2.33. The van der Waals surface area contributed by atoms with Gasteiger partial charge in [-0.1, -0.05) is 11.6 Å². The molecule has 1 amide bonds. The number of hydrogen-bond donors (Lipinski definition) is 1. The largest absolute Gasteiger partial charge is 0.493 e. The Morgan fingerprint density at radius 2 is 1.90 bits per heavy atom. The van der Waals surface area contributed by atoms with Gasteiger partial charge in [0, 0.05) is 10.9 Å². The number of esters is 1. The predicted octanol–water partition coefficient (Wildman–Crippen LogP) is 4.42. The van der Waals surface area contributed by atoms with Crippen LogP contribution in [0.5, 0.6) is 11.5 Å². The topological polar surface area (TPSA) is 86.8 Å². The third kappa shape index (κ3) is 5.05. The van der Waals surface area contributed by atoms with Crippen molar-refractivity contribution in [2.75, 3.05) is 26.1 Å². The van der Waals surface area contributed by atoms with Crippen LogP contribution in [-0.4, -0.2) is 37.7 Å². The first-order valence-corrected chi connectivity index (χ1v) is 9.77. The van der Waals surface area contributed by atoms with Gasteiger partial charge in [0.15, 0.2) is 23.2 Å². The standard InChI is InChI=1S/C20H16ClFN2O5S/c1-27-16-6-3-11(7-17(16)28-2)15-10-30-20(23-15)24-18(25)9-29-19(26)13-5-4-12(22)8-14(13)21/h3-8,10H,9H2,1-2H3,(H,23,24,25). The molecule has 0 aliphatic rings. The second-order valence-corrected chi connectivity index (χ2v) is 7.12. The van der Waals surface area contributed by atoms with Gasteiger partial charge in [-0.25, -0.2) is 14.2 Å². The first-order chi connectivity index (χ1) is 14.4. The number of benzene rings is 2. The number of nitrogens with one attached hydrogen (secondary N) is 1. The lowest BCUT2D eigenvalue weighted by molar-refractivity contribution is -0.119. The smallest absolute Gasteiger partial charge is 0.340 e. The predicted molar refractivity (Wildman–Crippen MR) is 111 cm³/mol. The van der Waals surface area contributed by atoms with Crippen molar-refractivity contribution in [1.29, 1.82) is 0 Å². The molecular weight excluding hydrogens is 435 g/mol. The maximum absolute atomic E-state index is 13.1. The average molecular weight is 451 g/mol. The molecule has 0 bridgehead atoms. The molecule has 1 heterocycles. The minimum absolute atomic E-state index is 0.0316. The van der Waals surface area contributed by atoms with Crippen molar-refractivity contribution >= 4 is 39.9 Å². The van der Waals surface area contributed by atoms with E-state index in [1.807, 2.05) is 6.07 Å². The first-order valence-electron chi connectivity index (χ1n) is 8.51. The molecule has 0 aliphatic heterocycles. The average Bonchev–Trinajstić information content (AvgIpc) is 3.19. The van der Waals surface area contributed by atoms with Crippen LogP contribution in [0.4, 0.5) is 9.52 Å². The van der Waals surface area contributed by atoms with Gasteiger partial charge in [0.2, 0.25) is 0 Å². The lowest BCUT2D eigenvalue weighted by Crippen LogP contribution is -2.21. The molecule has 30 heavy (non-hydrogen) atoms. The summed E-state index contributed by atoms with van der Waals surface area (Å²) in [6, 6.07) is 8.60. The number of methoxy groups -OCH3 is 2. The fraction of sp³-hybridized carbons (Fsp3) is 0.150. The number of amides is 1. The van der Waals surface area contributed by atoms with Crippen LogP contribution in [0.3, 0.4) is 0 Å². The van der Waals surface area contributed by atoms with Gasteiger partial charge in [-0.2, -0.15) is 0 Å². The Kier molecular flexibility index (Phi) is 6.86. The molecule has 3 rings (SSSR count). The summed E-state index contributed by atoms with van der Waals surface area (Å²) in [7, 11) is 3.08. The van der Waals surface area contributed by atoms with Crippen molar-refractivity contribution in [2.45, 2.75) is 0 Å². The molecule has 1 aromatic heterocycles. The van der Waals surface area contributed by atoms with Crippen molar-refractivity contribution < 1.29 is 28.2 Å². The molecule has 0 unspecified atom stereocenters. The van der Waals surface area contributed by atoms with Crippen LogP contribution in [0, 0.1) is 5.82 Å². The number of ether oxygens (including phenoxy) is 3. The van der Waals surface area contributed by atoms with E-state index in [1.54, 1.807) is 24.6 Å². The van der Waals surface area contributed by atoms with Gasteiger partial charge in [-0.15, -0.1) is 11.3 Å². The van der Waals surface area contributed by atoms with E-state index in [0.29, 0.717) is 22.3 Å². The molecule has 0 saturated carbocycles. The van der Waals surface area contributed by atoms with Gasteiger partial charge in [-0.05, 0) is 36.4 Å². The zero-order valence-corrected chi connectivity index (χ0v) is 17.5. The van der Waals surface area contributed by atoms with Gasteiger partial charge in [0.25, 0.3) is 5.91 Å². The van der Waals surface area contributed by atoms with E-state index in [9.17, 15) is 14.0 Å². The normalized spacial score (nSPS) is 10.4. The van der Waals surface area contributed by atoms with E-state index in [-0.39, 0.29) is 10.6 Å². The lowest BCUT2D eigenvalue weighted by Gasteiger charge is -2.08. The van der Waals surface area contributed by atoms with Gasteiger partial charge in [0.1, 0.15) is 5.82 Å². The third-order valence-corrected chi connectivity index (χ3v) is 4.99. The molecule has 3 aromatic rings. The van der Waals surface area contributed by atoms with Gasteiger partial charge in [-0.3, -0.25) is 10.1 Å². The number of anilines is 1. The molecule has 0 radical (unpaired) electrons. The first kappa shape index (κ1) is 21.5. The van der Waals surface area contributed by atoms with Crippen LogP contribution in [0.1, 0.15) is 10.4 Å². The Morgan fingerprint density at radius 3 is 2.60 bits per heavy atom. The molecule has 10 heteroatoms. The molecule has 0 atom stereocenters. The molecule has 0 saturated heterocycles. The number of carbonyl (C=O) groups excluding carboxylic acids is 2.